The van der Waals surface area contributed by atoms with Gasteiger partial charge in [0.2, 0.25) is 5.91 Å². The molecular weight excluding hydrogens is 420 g/mol. The van der Waals surface area contributed by atoms with Gasteiger partial charge in [-0.3, -0.25) is 9.52 Å². The molecule has 0 aliphatic carbocycles. The SMILES string of the molecule is CCCC(=O)Nc1ccc(S(=O)(=O)Nc2ccc(-c3cn4c(n3)SCC4)cc2)cc1. The molecule has 9 heteroatoms. The topological polar surface area (TPSA) is 93.1 Å². The number of amides is 1. The molecule has 1 aliphatic heterocycles. The van der Waals surface area contributed by atoms with Crippen molar-refractivity contribution in [2.24, 2.45) is 0 Å². The van der Waals surface area contributed by atoms with Crippen molar-refractivity contribution in [2.45, 2.75) is 36.4 Å². The van der Waals surface area contributed by atoms with Crippen LogP contribution in [-0.2, 0) is 21.4 Å². The molecule has 2 heterocycles. The van der Waals surface area contributed by atoms with E-state index in [0.717, 1.165) is 35.1 Å². The summed E-state index contributed by atoms with van der Waals surface area (Å²) in [6, 6.07) is 13.3. The fraction of sp³-hybridized carbons (Fsp3) is 0.238. The predicted octanol–water partition coefficient (Wildman–Crippen LogP) is 4.20. The molecule has 1 aliphatic rings. The zero-order chi connectivity index (χ0) is 21.1. The first-order valence-corrected chi connectivity index (χ1v) is 12.1. The van der Waals surface area contributed by atoms with Crippen LogP contribution in [0, 0.1) is 0 Å². The van der Waals surface area contributed by atoms with Crippen molar-refractivity contribution in [3.8, 4) is 11.3 Å². The number of benzene rings is 2. The van der Waals surface area contributed by atoms with Gasteiger partial charge in [0.1, 0.15) is 0 Å². The second-order valence-corrected chi connectivity index (χ2v) is 9.70. The lowest BCUT2D eigenvalue weighted by Gasteiger charge is -2.10. The summed E-state index contributed by atoms with van der Waals surface area (Å²) >= 11 is 1.74. The number of sulfonamides is 1. The van der Waals surface area contributed by atoms with Crippen LogP contribution in [-0.4, -0.2) is 29.6 Å². The molecule has 7 nitrogen and oxygen atoms in total. The number of anilines is 2. The Labute approximate surface area is 180 Å². The molecule has 0 fully saturated rings. The van der Waals surface area contributed by atoms with Crippen molar-refractivity contribution >= 4 is 39.1 Å². The van der Waals surface area contributed by atoms with Gasteiger partial charge in [-0.05, 0) is 42.8 Å². The largest absolute Gasteiger partial charge is 0.326 e. The Morgan fingerprint density at radius 1 is 1.10 bits per heavy atom. The average molecular weight is 443 g/mol. The van der Waals surface area contributed by atoms with Gasteiger partial charge in [0.15, 0.2) is 5.16 Å². The molecule has 0 atom stereocenters. The quantitative estimate of drug-likeness (QED) is 0.572. The van der Waals surface area contributed by atoms with Crippen LogP contribution in [0.15, 0.2) is 64.8 Å². The maximum Gasteiger partial charge on any atom is 0.261 e. The predicted molar refractivity (Wildman–Crippen MR) is 119 cm³/mol. The maximum absolute atomic E-state index is 12.7. The maximum atomic E-state index is 12.7. The van der Waals surface area contributed by atoms with Gasteiger partial charge in [-0.25, -0.2) is 13.4 Å². The number of carbonyl (C=O) groups excluding carboxylic acids is 1. The molecule has 30 heavy (non-hydrogen) atoms. The number of fused-ring (bicyclic) bond motifs is 1. The highest BCUT2D eigenvalue weighted by molar-refractivity contribution is 7.99. The highest BCUT2D eigenvalue weighted by Gasteiger charge is 2.17. The first-order chi connectivity index (χ1) is 14.4. The van der Waals surface area contributed by atoms with E-state index in [1.54, 1.807) is 36.0 Å². The Hall–Kier alpha value is -2.78. The van der Waals surface area contributed by atoms with Gasteiger partial charge in [0.05, 0.1) is 10.6 Å². The van der Waals surface area contributed by atoms with Crippen LogP contribution >= 0.6 is 11.8 Å². The second-order valence-electron chi connectivity index (χ2n) is 6.96. The van der Waals surface area contributed by atoms with E-state index in [-0.39, 0.29) is 10.8 Å². The van der Waals surface area contributed by atoms with Crippen LogP contribution in [0.3, 0.4) is 0 Å². The van der Waals surface area contributed by atoms with E-state index in [0.29, 0.717) is 17.8 Å². The minimum Gasteiger partial charge on any atom is -0.326 e. The molecule has 1 amide bonds. The highest BCUT2D eigenvalue weighted by atomic mass is 32.2. The Bertz CT molecular complexity index is 1130. The standard InChI is InChI=1S/C21H22N4O3S2/c1-2-3-20(26)22-16-8-10-18(11-9-16)30(27,28)24-17-6-4-15(5-7-17)19-14-25-12-13-29-21(25)23-19/h4-11,14,24H,2-3,12-13H2,1H3,(H,22,26). The number of nitrogens with one attached hydrogen (secondary N) is 2. The van der Waals surface area contributed by atoms with Gasteiger partial charge in [-0.15, -0.1) is 0 Å². The number of thioether (sulfide) groups is 1. The van der Waals surface area contributed by atoms with E-state index in [9.17, 15) is 13.2 Å². The van der Waals surface area contributed by atoms with Gasteiger partial charge in [-0.2, -0.15) is 0 Å². The van der Waals surface area contributed by atoms with Crippen LogP contribution in [0.5, 0.6) is 0 Å². The van der Waals surface area contributed by atoms with E-state index in [4.69, 9.17) is 0 Å². The molecular formula is C21H22N4O3S2. The lowest BCUT2D eigenvalue weighted by Crippen LogP contribution is -2.14. The lowest BCUT2D eigenvalue weighted by atomic mass is 10.1. The minimum absolute atomic E-state index is 0.0899. The van der Waals surface area contributed by atoms with Crippen molar-refractivity contribution in [1.29, 1.82) is 0 Å². The Morgan fingerprint density at radius 2 is 1.80 bits per heavy atom. The van der Waals surface area contributed by atoms with E-state index >= 15 is 0 Å². The number of hydrogen-bond acceptors (Lipinski definition) is 5. The van der Waals surface area contributed by atoms with Crippen LogP contribution in [0.4, 0.5) is 11.4 Å². The Morgan fingerprint density at radius 3 is 2.47 bits per heavy atom. The van der Waals surface area contributed by atoms with Crippen molar-refractivity contribution < 1.29 is 13.2 Å². The van der Waals surface area contributed by atoms with Crippen LogP contribution in [0.2, 0.25) is 0 Å². The average Bonchev–Trinajstić information content (AvgIpc) is 3.31. The minimum atomic E-state index is -3.73. The fourth-order valence-electron chi connectivity index (χ4n) is 3.14. The number of rotatable bonds is 7. The van der Waals surface area contributed by atoms with Gasteiger partial charge in [0, 0.05) is 41.9 Å². The number of carbonyl (C=O) groups is 1. The molecule has 0 unspecified atom stereocenters. The van der Waals surface area contributed by atoms with E-state index in [1.807, 2.05) is 25.3 Å². The van der Waals surface area contributed by atoms with Crippen LogP contribution in [0.1, 0.15) is 19.8 Å². The summed E-state index contributed by atoms with van der Waals surface area (Å²) in [6.45, 7) is 2.89. The highest BCUT2D eigenvalue weighted by Crippen LogP contribution is 2.29. The number of aryl methyl sites for hydroxylation is 1. The first-order valence-electron chi connectivity index (χ1n) is 9.68. The molecule has 4 rings (SSSR count). The number of imidazole rings is 1. The molecule has 2 aromatic carbocycles. The summed E-state index contributed by atoms with van der Waals surface area (Å²) in [5.41, 5.74) is 2.86. The molecule has 2 N–H and O–H groups in total. The zero-order valence-electron chi connectivity index (χ0n) is 16.5. The molecule has 0 radical (unpaired) electrons. The van der Waals surface area contributed by atoms with E-state index in [1.165, 1.54) is 12.1 Å². The Balaban J connectivity index is 1.44. The summed E-state index contributed by atoms with van der Waals surface area (Å²) in [5.74, 6) is 0.961. The third kappa shape index (κ3) is 4.52. The van der Waals surface area contributed by atoms with E-state index in [2.05, 4.69) is 19.6 Å². The smallest absolute Gasteiger partial charge is 0.261 e. The van der Waals surface area contributed by atoms with Crippen LogP contribution in [0.25, 0.3) is 11.3 Å². The zero-order valence-corrected chi connectivity index (χ0v) is 18.1. The third-order valence-electron chi connectivity index (χ3n) is 4.66. The van der Waals surface area contributed by atoms with Crippen molar-refractivity contribution in [1.82, 2.24) is 9.55 Å². The van der Waals surface area contributed by atoms with Gasteiger partial charge >= 0.3 is 0 Å². The summed E-state index contributed by atoms with van der Waals surface area (Å²) in [5, 5.41) is 3.76. The lowest BCUT2D eigenvalue weighted by molar-refractivity contribution is -0.116. The molecule has 0 saturated heterocycles. The fourth-order valence-corrected chi connectivity index (χ4v) is 5.14. The van der Waals surface area contributed by atoms with Crippen molar-refractivity contribution in [3.05, 3.63) is 54.7 Å². The third-order valence-corrected chi connectivity index (χ3v) is 7.03. The Kier molecular flexibility index (Phi) is 5.83. The summed E-state index contributed by atoms with van der Waals surface area (Å²) in [7, 11) is -3.73. The second kappa shape index (κ2) is 8.53. The number of aromatic nitrogens is 2. The van der Waals surface area contributed by atoms with E-state index < -0.39 is 10.0 Å². The first kappa shape index (κ1) is 20.5. The summed E-state index contributed by atoms with van der Waals surface area (Å²) < 4.78 is 30.1. The molecule has 156 valence electrons. The molecule has 0 saturated carbocycles. The van der Waals surface area contributed by atoms with Crippen molar-refractivity contribution in [2.75, 3.05) is 15.8 Å². The molecule has 0 spiro atoms. The summed E-state index contributed by atoms with van der Waals surface area (Å²) in [6.07, 6.45) is 3.20. The van der Waals surface area contributed by atoms with Crippen molar-refractivity contribution in [3.63, 3.8) is 0 Å². The number of hydrogen-bond donors (Lipinski definition) is 2. The summed E-state index contributed by atoms with van der Waals surface area (Å²) in [4.78, 5) is 16.4. The number of nitrogens with zero attached hydrogens (tertiary/aromatic N) is 2. The van der Waals surface area contributed by atoms with Gasteiger partial charge in [0.25, 0.3) is 10.0 Å². The monoisotopic (exact) mass is 442 g/mol. The molecule has 1 aromatic heterocycles. The van der Waals surface area contributed by atoms with Gasteiger partial charge < -0.3 is 9.88 Å². The normalized spacial score (nSPS) is 13.1. The molecule has 0 bridgehead atoms. The van der Waals surface area contributed by atoms with Crippen LogP contribution < -0.4 is 10.0 Å². The molecule has 3 aromatic rings. The van der Waals surface area contributed by atoms with Gasteiger partial charge in [-0.1, -0.05) is 30.8 Å².